The number of ether oxygens (including phenoxy) is 1. The van der Waals surface area contributed by atoms with Crippen LogP contribution < -0.4 is 0 Å². The van der Waals surface area contributed by atoms with Crippen LogP contribution in [-0.2, 0) is 4.74 Å². The maximum absolute atomic E-state index is 13.5. The van der Waals surface area contributed by atoms with Crippen LogP contribution in [0.5, 0.6) is 0 Å². The van der Waals surface area contributed by atoms with Gasteiger partial charge in [0.2, 0.25) is 0 Å². The van der Waals surface area contributed by atoms with E-state index in [0.717, 1.165) is 12.1 Å². The summed E-state index contributed by atoms with van der Waals surface area (Å²) in [6.45, 7) is 6.06. The van der Waals surface area contributed by atoms with Gasteiger partial charge in [-0.05, 0) is 50.8 Å². The Balaban J connectivity index is 2.16. The molecule has 0 unspecified atom stereocenters. The molecular formula is C17H22F2N2O3. The van der Waals surface area contributed by atoms with E-state index in [9.17, 15) is 13.6 Å². The number of oxime groups is 1. The zero-order valence-electron chi connectivity index (χ0n) is 14.0. The summed E-state index contributed by atoms with van der Waals surface area (Å²) in [7, 11) is 0. The van der Waals surface area contributed by atoms with Crippen LogP contribution in [0, 0.1) is 17.6 Å². The number of carbonyl (C=O) groups is 1. The molecule has 1 aromatic carbocycles. The van der Waals surface area contributed by atoms with Crippen molar-refractivity contribution < 1.29 is 23.5 Å². The van der Waals surface area contributed by atoms with Gasteiger partial charge in [-0.1, -0.05) is 6.07 Å². The van der Waals surface area contributed by atoms with Gasteiger partial charge >= 0.3 is 6.09 Å². The Kier molecular flexibility index (Phi) is 5.41. The van der Waals surface area contributed by atoms with Gasteiger partial charge in [-0.25, -0.2) is 13.6 Å². The summed E-state index contributed by atoms with van der Waals surface area (Å²) in [4.78, 5) is 13.7. The van der Waals surface area contributed by atoms with Gasteiger partial charge in [0.15, 0.2) is 11.6 Å². The molecule has 0 saturated carbocycles. The third kappa shape index (κ3) is 4.43. The monoisotopic (exact) mass is 340 g/mol. The zero-order valence-corrected chi connectivity index (χ0v) is 14.0. The molecule has 1 saturated heterocycles. The average Bonchev–Trinajstić information content (AvgIpc) is 2.49. The van der Waals surface area contributed by atoms with Crippen molar-refractivity contribution in [3.8, 4) is 0 Å². The zero-order chi connectivity index (χ0) is 17.9. The molecule has 1 aliphatic heterocycles. The summed E-state index contributed by atoms with van der Waals surface area (Å²) in [5, 5.41) is 12.0. The van der Waals surface area contributed by atoms with Crippen LogP contribution in [0.3, 0.4) is 0 Å². The van der Waals surface area contributed by atoms with Gasteiger partial charge in [0.05, 0.1) is 0 Å². The molecule has 1 aromatic rings. The second-order valence-electron chi connectivity index (χ2n) is 6.92. The van der Waals surface area contributed by atoms with E-state index in [1.54, 1.807) is 20.8 Å². The SMILES string of the molecule is CC(C)(C)OC(=O)N1CC[C@@H](c2ccc(F)c(F)c2)[C@H](/C=N\O)C1. The van der Waals surface area contributed by atoms with Crippen molar-refractivity contribution in [2.24, 2.45) is 11.1 Å². The number of rotatable bonds is 2. The van der Waals surface area contributed by atoms with Crippen molar-refractivity contribution in [2.75, 3.05) is 13.1 Å². The van der Waals surface area contributed by atoms with Gasteiger partial charge in [0.25, 0.3) is 0 Å². The smallest absolute Gasteiger partial charge is 0.410 e. The van der Waals surface area contributed by atoms with Crippen LogP contribution in [-0.4, -0.2) is 41.1 Å². The molecule has 0 aliphatic carbocycles. The number of amides is 1. The van der Waals surface area contributed by atoms with E-state index in [1.165, 1.54) is 17.2 Å². The highest BCUT2D eigenvalue weighted by Gasteiger charge is 2.34. The maximum atomic E-state index is 13.5. The number of carbonyl (C=O) groups excluding carboxylic acids is 1. The van der Waals surface area contributed by atoms with Crippen molar-refractivity contribution >= 4 is 12.3 Å². The van der Waals surface area contributed by atoms with Crippen molar-refractivity contribution in [3.63, 3.8) is 0 Å². The quantitative estimate of drug-likeness (QED) is 0.506. The molecule has 2 atom stereocenters. The number of hydrogen-bond acceptors (Lipinski definition) is 4. The number of benzene rings is 1. The molecule has 24 heavy (non-hydrogen) atoms. The third-order valence-corrected chi connectivity index (χ3v) is 3.94. The average molecular weight is 340 g/mol. The van der Waals surface area contributed by atoms with E-state index in [2.05, 4.69) is 5.16 Å². The summed E-state index contributed by atoms with van der Waals surface area (Å²) in [5.74, 6) is -2.31. The Hall–Kier alpha value is -2.18. The number of piperidine rings is 1. The molecule has 132 valence electrons. The Morgan fingerprint density at radius 3 is 2.67 bits per heavy atom. The number of halogens is 2. The maximum Gasteiger partial charge on any atom is 0.410 e. The predicted molar refractivity (Wildman–Crippen MR) is 85.3 cm³/mol. The van der Waals surface area contributed by atoms with E-state index in [1.807, 2.05) is 0 Å². The van der Waals surface area contributed by atoms with Crippen molar-refractivity contribution in [2.45, 2.75) is 38.7 Å². The molecule has 1 heterocycles. The van der Waals surface area contributed by atoms with Crippen LogP contribution in [0.1, 0.15) is 38.7 Å². The molecule has 0 spiro atoms. The predicted octanol–water partition coefficient (Wildman–Crippen LogP) is 3.77. The first kappa shape index (κ1) is 18.2. The van der Waals surface area contributed by atoms with Gasteiger partial charge in [0, 0.05) is 25.2 Å². The fourth-order valence-corrected chi connectivity index (χ4v) is 2.87. The number of hydrogen-bond donors (Lipinski definition) is 1. The summed E-state index contributed by atoms with van der Waals surface area (Å²) in [6, 6.07) is 3.75. The Labute approximate surface area is 139 Å². The normalized spacial score (nSPS) is 22.0. The summed E-state index contributed by atoms with van der Waals surface area (Å²) in [6.07, 6.45) is 1.41. The number of likely N-dealkylation sites (tertiary alicyclic amines) is 1. The lowest BCUT2D eigenvalue weighted by atomic mass is 9.81. The second-order valence-corrected chi connectivity index (χ2v) is 6.92. The minimum atomic E-state index is -0.915. The molecule has 0 radical (unpaired) electrons. The molecule has 1 fully saturated rings. The standard InChI is InChI=1S/C17H22F2N2O3/c1-17(2,3)24-16(22)21-7-6-13(12(10-21)9-20-23)11-4-5-14(18)15(19)8-11/h4-5,8-9,12-13,23H,6-7,10H2,1-3H3/b20-9-/t12-,13+/m1/s1. The molecule has 2 rings (SSSR count). The van der Waals surface area contributed by atoms with Crippen LogP contribution in [0.4, 0.5) is 13.6 Å². The van der Waals surface area contributed by atoms with E-state index in [-0.39, 0.29) is 18.4 Å². The van der Waals surface area contributed by atoms with Crippen LogP contribution >= 0.6 is 0 Å². The minimum absolute atomic E-state index is 0.172. The first-order valence-electron chi connectivity index (χ1n) is 7.81. The highest BCUT2D eigenvalue weighted by molar-refractivity contribution is 5.70. The Morgan fingerprint density at radius 1 is 1.38 bits per heavy atom. The summed E-state index contributed by atoms with van der Waals surface area (Å²) < 4.78 is 32.0. The minimum Gasteiger partial charge on any atom is -0.444 e. The van der Waals surface area contributed by atoms with E-state index >= 15 is 0 Å². The van der Waals surface area contributed by atoms with Crippen molar-refractivity contribution in [1.82, 2.24) is 4.90 Å². The molecular weight excluding hydrogens is 318 g/mol. The van der Waals surface area contributed by atoms with Gasteiger partial charge in [0.1, 0.15) is 5.60 Å². The van der Waals surface area contributed by atoms with E-state index in [4.69, 9.17) is 9.94 Å². The van der Waals surface area contributed by atoms with Crippen molar-refractivity contribution in [3.05, 3.63) is 35.4 Å². The van der Waals surface area contributed by atoms with Gasteiger partial charge in [-0.15, -0.1) is 5.16 Å². The van der Waals surface area contributed by atoms with Crippen LogP contribution in [0.15, 0.2) is 23.4 Å². The fraction of sp³-hybridized carbons (Fsp3) is 0.529. The lowest BCUT2D eigenvalue weighted by molar-refractivity contribution is 0.0179. The number of nitrogens with zero attached hydrogens (tertiary/aromatic N) is 2. The summed E-state index contributed by atoms with van der Waals surface area (Å²) >= 11 is 0. The first-order valence-corrected chi connectivity index (χ1v) is 7.81. The Bertz CT molecular complexity index is 629. The molecule has 0 bridgehead atoms. The third-order valence-electron chi connectivity index (χ3n) is 3.94. The topological polar surface area (TPSA) is 62.1 Å². The van der Waals surface area contributed by atoms with Crippen molar-refractivity contribution in [1.29, 1.82) is 0 Å². The van der Waals surface area contributed by atoms with Gasteiger partial charge in [-0.2, -0.15) is 0 Å². The van der Waals surface area contributed by atoms with E-state index in [0.29, 0.717) is 18.5 Å². The van der Waals surface area contributed by atoms with Gasteiger partial charge in [-0.3, -0.25) is 0 Å². The molecule has 1 aliphatic rings. The molecule has 1 amide bonds. The largest absolute Gasteiger partial charge is 0.444 e. The first-order chi connectivity index (χ1) is 11.2. The van der Waals surface area contributed by atoms with E-state index < -0.39 is 23.3 Å². The molecule has 1 N–H and O–H groups in total. The van der Waals surface area contributed by atoms with Crippen LogP contribution in [0.2, 0.25) is 0 Å². The lowest BCUT2D eigenvalue weighted by Gasteiger charge is -2.37. The summed E-state index contributed by atoms with van der Waals surface area (Å²) in [5.41, 5.74) is 0.0110. The molecule has 0 aromatic heterocycles. The lowest BCUT2D eigenvalue weighted by Crippen LogP contribution is -2.45. The fourth-order valence-electron chi connectivity index (χ4n) is 2.87. The second kappa shape index (κ2) is 7.15. The highest BCUT2D eigenvalue weighted by atomic mass is 19.2. The van der Waals surface area contributed by atoms with Gasteiger partial charge < -0.3 is 14.8 Å². The van der Waals surface area contributed by atoms with Crippen LogP contribution in [0.25, 0.3) is 0 Å². The molecule has 5 nitrogen and oxygen atoms in total. The Morgan fingerprint density at radius 2 is 2.08 bits per heavy atom. The molecule has 7 heteroatoms. The highest BCUT2D eigenvalue weighted by Crippen LogP contribution is 2.33.